The average Bonchev–Trinajstić information content (AvgIpc) is 3.22. The number of nitrogens with two attached hydrogens (primary N) is 4. The Bertz CT molecular complexity index is 1100. The Morgan fingerprint density at radius 2 is 1.54 bits per heavy atom. The van der Waals surface area contributed by atoms with E-state index in [4.69, 9.17) is 22.9 Å². The molecule has 0 spiro atoms. The van der Waals surface area contributed by atoms with Gasteiger partial charge in [0.1, 0.15) is 6.04 Å². The van der Waals surface area contributed by atoms with Gasteiger partial charge in [-0.15, -0.1) is 0 Å². The van der Waals surface area contributed by atoms with E-state index in [-0.39, 0.29) is 29.7 Å². The summed E-state index contributed by atoms with van der Waals surface area (Å²) >= 11 is 0. The number of anilines is 1. The highest BCUT2D eigenvalue weighted by Crippen LogP contribution is 2.28. The van der Waals surface area contributed by atoms with Gasteiger partial charge in [-0.2, -0.15) is 5.10 Å². The first-order valence-corrected chi connectivity index (χ1v) is 11.4. The summed E-state index contributed by atoms with van der Waals surface area (Å²) in [6.45, 7) is 0.868. The summed E-state index contributed by atoms with van der Waals surface area (Å²) < 4.78 is 1.65. The van der Waals surface area contributed by atoms with Crippen molar-refractivity contribution < 1.29 is 9.59 Å². The van der Waals surface area contributed by atoms with Crippen LogP contribution in [-0.2, 0) is 11.3 Å². The van der Waals surface area contributed by atoms with Crippen LogP contribution in [0.25, 0.3) is 0 Å². The normalized spacial score (nSPS) is 11.7. The first kappa shape index (κ1) is 25.3. The smallest absolute Gasteiger partial charge is 0.274 e. The topological polar surface area (TPSA) is 180 Å². The van der Waals surface area contributed by atoms with Gasteiger partial charge in [0.15, 0.2) is 11.7 Å². The Kier molecular flexibility index (Phi) is 8.82. The van der Waals surface area contributed by atoms with Gasteiger partial charge >= 0.3 is 0 Å². The second kappa shape index (κ2) is 12.2. The molecule has 0 unspecified atom stereocenters. The molecule has 10 nitrogen and oxygen atoms in total. The van der Waals surface area contributed by atoms with Crippen LogP contribution in [0.3, 0.4) is 0 Å². The molecule has 1 heterocycles. The van der Waals surface area contributed by atoms with Gasteiger partial charge in [0.05, 0.1) is 5.69 Å². The maximum absolute atomic E-state index is 12.8. The predicted octanol–water partition coefficient (Wildman–Crippen LogP) is 1.32. The minimum Gasteiger partial charge on any atom is -0.396 e. The summed E-state index contributed by atoms with van der Waals surface area (Å²) in [6.07, 6.45) is 3.13. The number of aliphatic imine (C=N–C) groups is 1. The number of primary amides is 1. The SMILES string of the molecule is NC(=O)[C@H](CCCN=C(N)N)NC(=O)c1nn(CCC(c2ccccc2)c2ccccc2)cc1N. The number of aryl methyl sites for hydroxylation is 1. The molecule has 10 heteroatoms. The quantitative estimate of drug-likeness (QED) is 0.149. The van der Waals surface area contributed by atoms with Gasteiger partial charge in [-0.05, 0) is 30.4 Å². The molecular formula is C25H32N8O2. The lowest BCUT2D eigenvalue weighted by atomic mass is 9.88. The third kappa shape index (κ3) is 7.32. The van der Waals surface area contributed by atoms with Crippen LogP contribution in [0.4, 0.5) is 5.69 Å². The Morgan fingerprint density at radius 1 is 0.943 bits per heavy atom. The first-order valence-electron chi connectivity index (χ1n) is 11.4. The van der Waals surface area contributed by atoms with E-state index in [9.17, 15) is 9.59 Å². The number of amides is 2. The molecule has 2 aromatic carbocycles. The van der Waals surface area contributed by atoms with Gasteiger partial charge in [-0.1, -0.05) is 60.7 Å². The third-order valence-electron chi connectivity index (χ3n) is 5.65. The number of nitrogen functional groups attached to an aromatic ring is 1. The highest BCUT2D eigenvalue weighted by Gasteiger charge is 2.22. The molecule has 0 bridgehead atoms. The summed E-state index contributed by atoms with van der Waals surface area (Å²) in [5, 5.41) is 6.98. The predicted molar refractivity (Wildman–Crippen MR) is 136 cm³/mol. The molecule has 0 saturated heterocycles. The Morgan fingerprint density at radius 3 is 2.09 bits per heavy atom. The number of benzene rings is 2. The molecule has 0 aliphatic heterocycles. The van der Waals surface area contributed by atoms with Gasteiger partial charge in [0.2, 0.25) is 5.91 Å². The number of nitrogens with zero attached hydrogens (tertiary/aromatic N) is 3. The number of carbonyl (C=O) groups is 2. The number of rotatable bonds is 12. The van der Waals surface area contributed by atoms with E-state index < -0.39 is 17.9 Å². The molecule has 0 aliphatic rings. The highest BCUT2D eigenvalue weighted by atomic mass is 16.2. The van der Waals surface area contributed by atoms with Crippen LogP contribution in [0.2, 0.25) is 0 Å². The van der Waals surface area contributed by atoms with Crippen LogP contribution in [0, 0.1) is 0 Å². The summed E-state index contributed by atoms with van der Waals surface area (Å²) in [5.41, 5.74) is 24.8. The van der Waals surface area contributed by atoms with E-state index >= 15 is 0 Å². The Labute approximate surface area is 204 Å². The zero-order valence-electron chi connectivity index (χ0n) is 19.5. The second-order valence-electron chi connectivity index (χ2n) is 8.24. The number of guanidine groups is 1. The first-order chi connectivity index (χ1) is 16.8. The zero-order chi connectivity index (χ0) is 25.2. The second-order valence-corrected chi connectivity index (χ2v) is 8.24. The van der Waals surface area contributed by atoms with E-state index in [1.54, 1.807) is 10.9 Å². The van der Waals surface area contributed by atoms with E-state index in [0.717, 1.165) is 6.42 Å². The molecule has 184 valence electrons. The fourth-order valence-corrected chi connectivity index (χ4v) is 3.90. The van der Waals surface area contributed by atoms with Gasteiger partial charge in [-0.3, -0.25) is 19.3 Å². The molecule has 2 amide bonds. The maximum Gasteiger partial charge on any atom is 0.274 e. The molecule has 0 radical (unpaired) electrons. The molecule has 0 aliphatic carbocycles. The average molecular weight is 477 g/mol. The van der Waals surface area contributed by atoms with E-state index in [1.807, 2.05) is 36.4 Å². The molecule has 1 aromatic heterocycles. The summed E-state index contributed by atoms with van der Waals surface area (Å²) in [6, 6.07) is 19.6. The summed E-state index contributed by atoms with van der Waals surface area (Å²) in [5.74, 6) is -1.10. The number of carbonyl (C=O) groups excluding carboxylic acids is 2. The van der Waals surface area contributed by atoms with Crippen LogP contribution >= 0.6 is 0 Å². The molecule has 9 N–H and O–H groups in total. The number of hydrogen-bond acceptors (Lipinski definition) is 5. The van der Waals surface area contributed by atoms with Crippen molar-refractivity contribution in [2.75, 3.05) is 12.3 Å². The fourth-order valence-electron chi connectivity index (χ4n) is 3.90. The van der Waals surface area contributed by atoms with Gasteiger partial charge in [0, 0.05) is 25.2 Å². The maximum atomic E-state index is 12.8. The lowest BCUT2D eigenvalue weighted by Crippen LogP contribution is -2.44. The van der Waals surface area contributed by atoms with Gasteiger partial charge < -0.3 is 28.3 Å². The van der Waals surface area contributed by atoms with E-state index in [0.29, 0.717) is 19.5 Å². The van der Waals surface area contributed by atoms with Crippen molar-refractivity contribution in [1.29, 1.82) is 0 Å². The standard InChI is InChI=1S/C25H32N8O2/c26-20-16-33(15-13-19(17-8-3-1-4-9-17)18-10-5-2-6-11-18)32-22(20)24(35)31-21(23(27)34)12-7-14-30-25(28)29/h1-6,8-11,16,19,21H,7,12-15,26H2,(H2,27,34)(H,31,35)(H4,28,29,30)/t21-/m0/s1. The van der Waals surface area contributed by atoms with Crippen molar-refractivity contribution in [1.82, 2.24) is 15.1 Å². The Balaban J connectivity index is 1.67. The molecule has 1 atom stereocenters. The highest BCUT2D eigenvalue weighted by molar-refractivity contribution is 5.99. The van der Waals surface area contributed by atoms with Crippen LogP contribution in [0.5, 0.6) is 0 Å². The lowest BCUT2D eigenvalue weighted by Gasteiger charge is -2.18. The third-order valence-corrected chi connectivity index (χ3v) is 5.65. The van der Waals surface area contributed by atoms with E-state index in [2.05, 4.69) is 39.7 Å². The van der Waals surface area contributed by atoms with E-state index in [1.165, 1.54) is 11.1 Å². The summed E-state index contributed by atoms with van der Waals surface area (Å²) in [7, 11) is 0. The van der Waals surface area contributed by atoms with Crippen molar-refractivity contribution in [3.05, 3.63) is 83.7 Å². The van der Waals surface area contributed by atoms with Crippen LogP contribution < -0.4 is 28.3 Å². The molecule has 35 heavy (non-hydrogen) atoms. The molecule has 3 rings (SSSR count). The number of hydrogen-bond donors (Lipinski definition) is 5. The van der Waals surface area contributed by atoms with Crippen molar-refractivity contribution in [3.63, 3.8) is 0 Å². The summed E-state index contributed by atoms with van der Waals surface area (Å²) in [4.78, 5) is 28.4. The van der Waals surface area contributed by atoms with Gasteiger partial charge in [-0.25, -0.2) is 0 Å². The van der Waals surface area contributed by atoms with Crippen LogP contribution in [0.1, 0.15) is 46.8 Å². The lowest BCUT2D eigenvalue weighted by molar-refractivity contribution is -0.120. The molecule has 3 aromatic rings. The zero-order valence-corrected chi connectivity index (χ0v) is 19.5. The number of nitrogens with one attached hydrogen (secondary N) is 1. The van der Waals surface area contributed by atoms with Crippen LogP contribution in [0.15, 0.2) is 71.9 Å². The largest absolute Gasteiger partial charge is 0.396 e. The minimum atomic E-state index is -0.887. The molecule has 0 fully saturated rings. The van der Waals surface area contributed by atoms with Crippen molar-refractivity contribution in [3.8, 4) is 0 Å². The minimum absolute atomic E-state index is 0.0373. The molecular weight excluding hydrogens is 444 g/mol. The monoisotopic (exact) mass is 476 g/mol. The van der Waals surface area contributed by atoms with Crippen molar-refractivity contribution >= 4 is 23.5 Å². The fraction of sp³-hybridized carbons (Fsp3) is 0.280. The van der Waals surface area contributed by atoms with Crippen LogP contribution in [-0.4, -0.2) is 40.1 Å². The molecule has 0 saturated carbocycles. The number of aromatic nitrogens is 2. The van der Waals surface area contributed by atoms with Crippen molar-refractivity contribution in [2.24, 2.45) is 22.2 Å². The Hall–Kier alpha value is -4.34. The van der Waals surface area contributed by atoms with Crippen molar-refractivity contribution in [2.45, 2.75) is 37.8 Å². The van der Waals surface area contributed by atoms with Gasteiger partial charge in [0.25, 0.3) is 5.91 Å².